The fraction of sp³-hybridized carbons (Fsp3) is 0.667. The third-order valence-electron chi connectivity index (χ3n) is 3.76. The summed E-state index contributed by atoms with van der Waals surface area (Å²) in [5, 5.41) is 0. The highest BCUT2D eigenvalue weighted by atomic mass is 16.7. The van der Waals surface area contributed by atoms with Gasteiger partial charge in [-0.2, -0.15) is 0 Å². The van der Waals surface area contributed by atoms with Gasteiger partial charge < -0.3 is 14.0 Å². The molecule has 0 aromatic carbocycles. The third-order valence-corrected chi connectivity index (χ3v) is 3.76. The second-order valence-electron chi connectivity index (χ2n) is 5.86. The van der Waals surface area contributed by atoms with Crippen LogP contribution < -0.4 is 0 Å². The maximum Gasteiger partial charge on any atom is 0.462 e. The molecular formula is C15H25BO4. The van der Waals surface area contributed by atoms with Gasteiger partial charge in [0.1, 0.15) is 0 Å². The molecule has 0 radical (unpaired) electrons. The molecule has 0 amide bonds. The largest absolute Gasteiger partial charge is 0.463 e. The zero-order chi connectivity index (χ0) is 15.4. The highest BCUT2D eigenvalue weighted by Gasteiger charge is 2.51. The lowest BCUT2D eigenvalue weighted by atomic mass is 9.80. The van der Waals surface area contributed by atoms with E-state index in [1.54, 1.807) is 13.0 Å². The van der Waals surface area contributed by atoms with Gasteiger partial charge in [0.25, 0.3) is 0 Å². The molecule has 1 heterocycles. The summed E-state index contributed by atoms with van der Waals surface area (Å²) in [6.45, 7) is 13.8. The van der Waals surface area contributed by atoms with Crippen LogP contribution in [0.15, 0.2) is 24.3 Å². The van der Waals surface area contributed by atoms with Crippen LogP contribution in [0.3, 0.4) is 0 Å². The Labute approximate surface area is 122 Å². The Balaban J connectivity index is 2.77. The average molecular weight is 280 g/mol. The van der Waals surface area contributed by atoms with Crippen molar-refractivity contribution in [3.8, 4) is 0 Å². The maximum absolute atomic E-state index is 11.9. The fourth-order valence-corrected chi connectivity index (χ4v) is 1.93. The molecule has 1 saturated heterocycles. The van der Waals surface area contributed by atoms with Gasteiger partial charge in [-0.1, -0.05) is 12.2 Å². The molecule has 0 aromatic rings. The summed E-state index contributed by atoms with van der Waals surface area (Å²) in [5.74, 6) is -0.316. The van der Waals surface area contributed by atoms with E-state index in [-0.39, 0.29) is 5.97 Å². The third kappa shape index (κ3) is 3.96. The van der Waals surface area contributed by atoms with Gasteiger partial charge in [-0.05, 0) is 41.0 Å². The topological polar surface area (TPSA) is 44.8 Å². The summed E-state index contributed by atoms with van der Waals surface area (Å²) in [6.07, 6.45) is 4.56. The Morgan fingerprint density at radius 2 is 1.80 bits per heavy atom. The maximum atomic E-state index is 11.9. The standard InChI is InChI=1S/C15H25BO4/c1-7-9-10-12(13(17)18-8-2)11-16-19-14(3,4)15(5,6)20-16/h7,10H,1,8-9,11H2,2-6H3/b12-10+. The van der Waals surface area contributed by atoms with Gasteiger partial charge in [0.15, 0.2) is 0 Å². The van der Waals surface area contributed by atoms with Gasteiger partial charge in [-0.25, -0.2) is 4.79 Å². The van der Waals surface area contributed by atoms with Crippen molar-refractivity contribution in [3.05, 3.63) is 24.3 Å². The van der Waals surface area contributed by atoms with Gasteiger partial charge in [-0.15, -0.1) is 6.58 Å². The molecule has 0 aliphatic carbocycles. The molecule has 0 unspecified atom stereocenters. The zero-order valence-corrected chi connectivity index (χ0v) is 13.2. The Morgan fingerprint density at radius 3 is 2.25 bits per heavy atom. The molecule has 20 heavy (non-hydrogen) atoms. The molecule has 0 bridgehead atoms. The van der Waals surface area contributed by atoms with Crippen molar-refractivity contribution in [3.63, 3.8) is 0 Å². The Kier molecular flexibility index (Phi) is 5.60. The number of hydrogen-bond acceptors (Lipinski definition) is 4. The van der Waals surface area contributed by atoms with E-state index in [1.807, 2.05) is 33.8 Å². The normalized spacial score (nSPS) is 20.9. The van der Waals surface area contributed by atoms with E-state index < -0.39 is 18.3 Å². The summed E-state index contributed by atoms with van der Waals surface area (Å²) >= 11 is 0. The van der Waals surface area contributed by atoms with Gasteiger partial charge in [-0.3, -0.25) is 0 Å². The lowest BCUT2D eigenvalue weighted by molar-refractivity contribution is -0.138. The summed E-state index contributed by atoms with van der Waals surface area (Å²) in [7, 11) is -0.430. The summed E-state index contributed by atoms with van der Waals surface area (Å²) in [4.78, 5) is 11.9. The molecule has 4 nitrogen and oxygen atoms in total. The van der Waals surface area contributed by atoms with Crippen LogP contribution in [0.25, 0.3) is 0 Å². The first-order chi connectivity index (χ1) is 9.23. The first kappa shape index (κ1) is 17.0. The summed E-state index contributed by atoms with van der Waals surface area (Å²) in [6, 6.07) is 0. The number of esters is 1. The van der Waals surface area contributed by atoms with Gasteiger partial charge >= 0.3 is 13.1 Å². The average Bonchev–Trinajstić information content (AvgIpc) is 2.53. The van der Waals surface area contributed by atoms with Gasteiger partial charge in [0.05, 0.1) is 17.8 Å². The zero-order valence-electron chi connectivity index (χ0n) is 13.2. The van der Waals surface area contributed by atoms with E-state index in [9.17, 15) is 4.79 Å². The minimum Gasteiger partial charge on any atom is -0.463 e. The van der Waals surface area contributed by atoms with Crippen LogP contribution in [-0.2, 0) is 18.8 Å². The number of allylic oxidation sites excluding steroid dienone is 2. The van der Waals surface area contributed by atoms with Crippen molar-refractivity contribution < 1.29 is 18.8 Å². The lowest BCUT2D eigenvalue weighted by Gasteiger charge is -2.32. The smallest absolute Gasteiger partial charge is 0.462 e. The molecule has 112 valence electrons. The molecule has 1 aliphatic heterocycles. The number of ether oxygens (including phenoxy) is 1. The first-order valence-electron chi connectivity index (χ1n) is 7.06. The predicted octanol–water partition coefficient (Wildman–Crippen LogP) is 3.14. The molecular weight excluding hydrogens is 255 g/mol. The van der Waals surface area contributed by atoms with E-state index in [0.717, 1.165) is 0 Å². The number of carbonyl (C=O) groups is 1. The SMILES string of the molecule is C=CC/C=C(\CB1OC(C)(C)C(C)(C)O1)C(=O)OCC. The van der Waals surface area contributed by atoms with E-state index >= 15 is 0 Å². The second kappa shape index (κ2) is 6.59. The molecule has 0 N–H and O–H groups in total. The number of carbonyl (C=O) groups excluding carboxylic acids is 1. The van der Waals surface area contributed by atoms with Crippen molar-refractivity contribution in [2.24, 2.45) is 0 Å². The van der Waals surface area contributed by atoms with Crippen LogP contribution in [0.4, 0.5) is 0 Å². The Bertz CT molecular complexity index is 383. The Morgan fingerprint density at radius 1 is 1.25 bits per heavy atom. The van der Waals surface area contributed by atoms with Crippen LogP contribution in [0.1, 0.15) is 41.0 Å². The highest BCUT2D eigenvalue weighted by Crippen LogP contribution is 2.38. The molecule has 1 rings (SSSR count). The van der Waals surface area contributed by atoms with E-state index in [2.05, 4.69) is 6.58 Å². The van der Waals surface area contributed by atoms with Crippen LogP contribution in [0, 0.1) is 0 Å². The van der Waals surface area contributed by atoms with Crippen molar-refractivity contribution in [1.29, 1.82) is 0 Å². The van der Waals surface area contributed by atoms with Crippen molar-refractivity contribution in [2.75, 3.05) is 6.61 Å². The number of rotatable bonds is 6. The molecule has 1 fully saturated rings. The predicted molar refractivity (Wildman–Crippen MR) is 80.4 cm³/mol. The quantitative estimate of drug-likeness (QED) is 0.324. The molecule has 0 aromatic heterocycles. The first-order valence-corrected chi connectivity index (χ1v) is 7.06. The second-order valence-corrected chi connectivity index (χ2v) is 5.86. The summed E-state index contributed by atoms with van der Waals surface area (Å²) in [5.41, 5.74) is -0.212. The van der Waals surface area contributed by atoms with E-state index in [0.29, 0.717) is 24.9 Å². The van der Waals surface area contributed by atoms with Crippen LogP contribution in [0.5, 0.6) is 0 Å². The summed E-state index contributed by atoms with van der Waals surface area (Å²) < 4.78 is 16.9. The minimum atomic E-state index is -0.430. The highest BCUT2D eigenvalue weighted by molar-refractivity contribution is 6.47. The molecule has 0 saturated carbocycles. The minimum absolute atomic E-state index is 0.316. The monoisotopic (exact) mass is 280 g/mol. The Hall–Kier alpha value is -1.07. The molecule has 0 spiro atoms. The van der Waals surface area contributed by atoms with Crippen LogP contribution in [-0.4, -0.2) is 30.9 Å². The number of hydrogen-bond donors (Lipinski definition) is 0. The van der Waals surface area contributed by atoms with Crippen molar-refractivity contribution in [1.82, 2.24) is 0 Å². The van der Waals surface area contributed by atoms with Gasteiger partial charge in [0.2, 0.25) is 0 Å². The van der Waals surface area contributed by atoms with E-state index in [1.165, 1.54) is 0 Å². The molecule has 1 aliphatic rings. The lowest BCUT2D eigenvalue weighted by Crippen LogP contribution is -2.41. The fourth-order valence-electron chi connectivity index (χ4n) is 1.93. The van der Waals surface area contributed by atoms with Gasteiger partial charge in [0, 0.05) is 11.9 Å². The van der Waals surface area contributed by atoms with Crippen molar-refractivity contribution >= 4 is 13.1 Å². The molecule has 0 atom stereocenters. The van der Waals surface area contributed by atoms with Crippen molar-refractivity contribution in [2.45, 2.75) is 58.6 Å². The molecule has 5 heteroatoms. The van der Waals surface area contributed by atoms with E-state index in [4.69, 9.17) is 14.0 Å². The van der Waals surface area contributed by atoms with Crippen LogP contribution in [0.2, 0.25) is 6.32 Å². The van der Waals surface area contributed by atoms with Crippen LogP contribution >= 0.6 is 0 Å².